The first-order valence-electron chi connectivity index (χ1n) is 5.56. The summed E-state index contributed by atoms with van der Waals surface area (Å²) < 4.78 is 10.5. The Hall–Kier alpha value is -1.22. The van der Waals surface area contributed by atoms with Crippen molar-refractivity contribution < 1.29 is 14.6 Å². The predicted molar refractivity (Wildman–Crippen MR) is 64.0 cm³/mol. The molecule has 0 aliphatic heterocycles. The molecular weight excluding hydrogens is 204 g/mol. The Labute approximate surface area is 97.0 Å². The maximum Gasteiger partial charge on any atom is 0.119 e. The van der Waals surface area contributed by atoms with Crippen LogP contribution in [0.15, 0.2) is 24.3 Å². The maximum atomic E-state index is 9.63. The van der Waals surface area contributed by atoms with E-state index in [4.69, 9.17) is 9.47 Å². The molecule has 1 aromatic carbocycles. The number of ether oxygens (including phenoxy) is 2. The van der Waals surface area contributed by atoms with Gasteiger partial charge in [-0.15, -0.1) is 0 Å². The van der Waals surface area contributed by atoms with E-state index in [1.54, 1.807) is 7.11 Å². The summed E-state index contributed by atoms with van der Waals surface area (Å²) >= 11 is 0. The van der Waals surface area contributed by atoms with Crippen LogP contribution in [0.4, 0.5) is 0 Å². The second-order valence-corrected chi connectivity index (χ2v) is 4.27. The molecule has 0 saturated carbocycles. The van der Waals surface area contributed by atoms with Crippen LogP contribution >= 0.6 is 0 Å². The first kappa shape index (κ1) is 12.8. The van der Waals surface area contributed by atoms with Gasteiger partial charge >= 0.3 is 0 Å². The number of methoxy groups -OCH3 is 1. The first-order chi connectivity index (χ1) is 7.61. The Morgan fingerprint density at radius 1 is 1.12 bits per heavy atom. The fourth-order valence-corrected chi connectivity index (χ4v) is 1.48. The van der Waals surface area contributed by atoms with E-state index in [9.17, 15) is 5.11 Å². The highest BCUT2D eigenvalue weighted by Gasteiger charge is 2.07. The minimum absolute atomic E-state index is 0.338. The number of aliphatic hydroxyl groups excluding tert-OH is 1. The summed E-state index contributed by atoms with van der Waals surface area (Å²) in [7, 11) is 1.63. The van der Waals surface area contributed by atoms with Crippen molar-refractivity contribution in [3.8, 4) is 11.5 Å². The summed E-state index contributed by atoms with van der Waals surface area (Å²) in [6.45, 7) is 4.50. The van der Waals surface area contributed by atoms with Crippen molar-refractivity contribution in [1.29, 1.82) is 0 Å². The van der Waals surface area contributed by atoms with Gasteiger partial charge in [0.1, 0.15) is 18.1 Å². The van der Waals surface area contributed by atoms with E-state index < -0.39 is 6.10 Å². The van der Waals surface area contributed by atoms with Crippen LogP contribution in [0.1, 0.15) is 20.3 Å². The molecule has 3 nitrogen and oxygen atoms in total. The molecule has 1 atom stereocenters. The van der Waals surface area contributed by atoms with Crippen LogP contribution in [0, 0.1) is 5.92 Å². The largest absolute Gasteiger partial charge is 0.497 e. The van der Waals surface area contributed by atoms with E-state index >= 15 is 0 Å². The van der Waals surface area contributed by atoms with Crippen LogP contribution < -0.4 is 9.47 Å². The van der Waals surface area contributed by atoms with Crippen LogP contribution in [-0.4, -0.2) is 24.9 Å². The third kappa shape index (κ3) is 4.53. The van der Waals surface area contributed by atoms with Gasteiger partial charge in [-0.3, -0.25) is 0 Å². The van der Waals surface area contributed by atoms with Crippen molar-refractivity contribution in [2.75, 3.05) is 13.7 Å². The lowest BCUT2D eigenvalue weighted by Crippen LogP contribution is -2.19. The Morgan fingerprint density at radius 3 is 2.19 bits per heavy atom. The number of hydrogen-bond acceptors (Lipinski definition) is 3. The van der Waals surface area contributed by atoms with E-state index in [1.807, 2.05) is 24.3 Å². The number of rotatable bonds is 6. The lowest BCUT2D eigenvalue weighted by molar-refractivity contribution is 0.0892. The summed E-state index contributed by atoms with van der Waals surface area (Å²) in [5.41, 5.74) is 0. The summed E-state index contributed by atoms with van der Waals surface area (Å²) in [6.07, 6.45) is 0.359. The lowest BCUT2D eigenvalue weighted by Gasteiger charge is -2.14. The number of hydrogen-bond donors (Lipinski definition) is 1. The highest BCUT2D eigenvalue weighted by molar-refractivity contribution is 5.31. The van der Waals surface area contributed by atoms with Crippen LogP contribution in [0.3, 0.4) is 0 Å². The topological polar surface area (TPSA) is 38.7 Å². The molecule has 0 fully saturated rings. The maximum absolute atomic E-state index is 9.63. The molecule has 1 rings (SSSR count). The average Bonchev–Trinajstić information content (AvgIpc) is 2.26. The predicted octanol–water partition coefficient (Wildman–Crippen LogP) is 2.48. The van der Waals surface area contributed by atoms with Gasteiger partial charge in [0.15, 0.2) is 0 Å². The van der Waals surface area contributed by atoms with E-state index in [2.05, 4.69) is 13.8 Å². The van der Waals surface area contributed by atoms with Crippen molar-refractivity contribution in [2.24, 2.45) is 5.92 Å². The van der Waals surface area contributed by atoms with Crippen molar-refractivity contribution >= 4 is 0 Å². The summed E-state index contributed by atoms with van der Waals surface area (Å²) in [4.78, 5) is 0. The first-order valence-corrected chi connectivity index (χ1v) is 5.56. The standard InChI is InChI=1S/C13H20O3/c1-10(2)8-11(14)9-16-13-6-4-12(15-3)5-7-13/h4-7,10-11,14H,8-9H2,1-3H3. The van der Waals surface area contributed by atoms with Crippen molar-refractivity contribution in [2.45, 2.75) is 26.4 Å². The summed E-state index contributed by atoms with van der Waals surface area (Å²) in [6, 6.07) is 7.34. The molecule has 0 aliphatic rings. The van der Waals surface area contributed by atoms with Gasteiger partial charge in [-0.1, -0.05) is 13.8 Å². The molecule has 0 heterocycles. The van der Waals surface area contributed by atoms with Crippen molar-refractivity contribution in [3.05, 3.63) is 24.3 Å². The fourth-order valence-electron chi connectivity index (χ4n) is 1.48. The van der Waals surface area contributed by atoms with Crippen molar-refractivity contribution in [1.82, 2.24) is 0 Å². The third-order valence-electron chi connectivity index (χ3n) is 2.25. The SMILES string of the molecule is COc1ccc(OCC(O)CC(C)C)cc1. The fraction of sp³-hybridized carbons (Fsp3) is 0.538. The zero-order valence-corrected chi connectivity index (χ0v) is 10.1. The van der Waals surface area contributed by atoms with E-state index in [0.29, 0.717) is 12.5 Å². The molecule has 0 bridgehead atoms. The molecule has 0 spiro atoms. The summed E-state index contributed by atoms with van der Waals surface area (Å²) in [5.74, 6) is 2.04. The molecule has 1 unspecified atom stereocenters. The van der Waals surface area contributed by atoms with Crippen LogP contribution in [0.2, 0.25) is 0 Å². The van der Waals surface area contributed by atoms with E-state index in [0.717, 1.165) is 17.9 Å². The molecular formula is C13H20O3. The summed E-state index contributed by atoms with van der Waals surface area (Å²) in [5, 5.41) is 9.63. The van der Waals surface area contributed by atoms with Gasteiger partial charge in [0.05, 0.1) is 13.2 Å². The number of benzene rings is 1. The van der Waals surface area contributed by atoms with Crippen LogP contribution in [0.25, 0.3) is 0 Å². The smallest absolute Gasteiger partial charge is 0.119 e. The molecule has 16 heavy (non-hydrogen) atoms. The average molecular weight is 224 g/mol. The van der Waals surface area contributed by atoms with Crippen LogP contribution in [-0.2, 0) is 0 Å². The molecule has 90 valence electrons. The third-order valence-corrected chi connectivity index (χ3v) is 2.25. The van der Waals surface area contributed by atoms with Gasteiger partial charge in [-0.25, -0.2) is 0 Å². The van der Waals surface area contributed by atoms with E-state index in [-0.39, 0.29) is 0 Å². The van der Waals surface area contributed by atoms with Gasteiger partial charge in [0.2, 0.25) is 0 Å². The quantitative estimate of drug-likeness (QED) is 0.806. The van der Waals surface area contributed by atoms with Crippen LogP contribution in [0.5, 0.6) is 11.5 Å². The Kier molecular flexibility index (Phi) is 5.12. The second-order valence-electron chi connectivity index (χ2n) is 4.27. The zero-order chi connectivity index (χ0) is 12.0. The minimum atomic E-state index is -0.401. The Bertz CT molecular complexity index is 293. The molecule has 0 aliphatic carbocycles. The Morgan fingerprint density at radius 2 is 1.69 bits per heavy atom. The van der Waals surface area contributed by atoms with Crippen molar-refractivity contribution in [3.63, 3.8) is 0 Å². The molecule has 0 saturated heterocycles. The van der Waals surface area contributed by atoms with Gasteiger partial charge in [0.25, 0.3) is 0 Å². The van der Waals surface area contributed by atoms with Gasteiger partial charge in [-0.2, -0.15) is 0 Å². The Balaban J connectivity index is 2.36. The highest BCUT2D eigenvalue weighted by atomic mass is 16.5. The van der Waals surface area contributed by atoms with Gasteiger partial charge in [-0.05, 0) is 36.6 Å². The zero-order valence-electron chi connectivity index (χ0n) is 10.1. The monoisotopic (exact) mass is 224 g/mol. The molecule has 0 radical (unpaired) electrons. The van der Waals surface area contributed by atoms with Gasteiger partial charge in [0, 0.05) is 0 Å². The molecule has 0 amide bonds. The molecule has 3 heteroatoms. The highest BCUT2D eigenvalue weighted by Crippen LogP contribution is 2.17. The minimum Gasteiger partial charge on any atom is -0.497 e. The molecule has 0 aromatic heterocycles. The second kappa shape index (κ2) is 6.38. The number of aliphatic hydroxyl groups is 1. The normalized spacial score (nSPS) is 12.6. The van der Waals surface area contributed by atoms with Gasteiger partial charge < -0.3 is 14.6 Å². The lowest BCUT2D eigenvalue weighted by atomic mass is 10.1. The molecule has 1 N–H and O–H groups in total. The molecule has 1 aromatic rings. The van der Waals surface area contributed by atoms with E-state index in [1.165, 1.54) is 0 Å².